The van der Waals surface area contributed by atoms with Gasteiger partial charge in [0.2, 0.25) is 0 Å². The molecule has 1 aromatic carbocycles. The van der Waals surface area contributed by atoms with E-state index in [1.54, 1.807) is 12.1 Å². The molecule has 7 heteroatoms. The molecule has 1 aromatic heterocycles. The van der Waals surface area contributed by atoms with Crippen molar-refractivity contribution in [3.8, 4) is 0 Å². The van der Waals surface area contributed by atoms with Gasteiger partial charge in [0.1, 0.15) is 0 Å². The summed E-state index contributed by atoms with van der Waals surface area (Å²) in [4.78, 5) is 23.2. The highest BCUT2D eigenvalue weighted by Crippen LogP contribution is 2.24. The number of anilines is 1. The molecule has 0 unspecified atom stereocenters. The molecular weight excluding hydrogens is 333 g/mol. The lowest BCUT2D eigenvalue weighted by Gasteiger charge is -2.07. The van der Waals surface area contributed by atoms with E-state index in [9.17, 15) is 9.59 Å². The first kappa shape index (κ1) is 15.8. The van der Waals surface area contributed by atoms with Crippen molar-refractivity contribution in [3.63, 3.8) is 0 Å². The van der Waals surface area contributed by atoms with E-state index in [4.69, 9.17) is 27.9 Å². The number of amides is 1. The monoisotopic (exact) mass is 343 g/mol. The van der Waals surface area contributed by atoms with Crippen molar-refractivity contribution in [2.75, 3.05) is 11.9 Å². The van der Waals surface area contributed by atoms with Crippen LogP contribution >= 0.6 is 34.5 Å². The number of nitrogens with one attached hydrogen (secondary N) is 1. The number of thiophene rings is 1. The van der Waals surface area contributed by atoms with E-state index in [1.807, 2.05) is 16.8 Å². The number of esters is 1. The van der Waals surface area contributed by atoms with Crippen LogP contribution in [-0.2, 0) is 20.7 Å². The molecule has 0 aliphatic rings. The summed E-state index contributed by atoms with van der Waals surface area (Å²) in [6.45, 7) is -0.344. The predicted octanol–water partition coefficient (Wildman–Crippen LogP) is 3.78. The quantitative estimate of drug-likeness (QED) is 0.840. The summed E-state index contributed by atoms with van der Waals surface area (Å²) >= 11 is 13.1. The third-order valence-corrected chi connectivity index (χ3v) is 3.97. The Balaban J connectivity index is 1.79. The minimum Gasteiger partial charge on any atom is -0.455 e. The Morgan fingerprint density at radius 1 is 1.19 bits per heavy atom. The van der Waals surface area contributed by atoms with Gasteiger partial charge in [-0.2, -0.15) is 11.3 Å². The van der Waals surface area contributed by atoms with E-state index in [2.05, 4.69) is 5.32 Å². The van der Waals surface area contributed by atoms with Crippen LogP contribution in [-0.4, -0.2) is 18.5 Å². The predicted molar refractivity (Wildman–Crippen MR) is 84.1 cm³/mol. The Hall–Kier alpha value is -1.56. The Kier molecular flexibility index (Phi) is 5.61. The topological polar surface area (TPSA) is 55.4 Å². The maximum atomic E-state index is 11.7. The smallest absolute Gasteiger partial charge is 0.310 e. The maximum Gasteiger partial charge on any atom is 0.310 e. The van der Waals surface area contributed by atoms with Gasteiger partial charge in [-0.15, -0.1) is 0 Å². The molecule has 4 nitrogen and oxygen atoms in total. The molecule has 1 amide bonds. The first-order chi connectivity index (χ1) is 10.0. The lowest BCUT2D eigenvalue weighted by Crippen LogP contribution is -2.21. The second-order valence-corrected chi connectivity index (χ2v) is 5.74. The van der Waals surface area contributed by atoms with E-state index in [-0.39, 0.29) is 13.0 Å². The first-order valence-electron chi connectivity index (χ1n) is 5.96. The van der Waals surface area contributed by atoms with Gasteiger partial charge in [0.15, 0.2) is 6.61 Å². The Morgan fingerprint density at radius 2 is 2.00 bits per heavy atom. The largest absolute Gasteiger partial charge is 0.455 e. The number of ether oxygens (including phenoxy) is 1. The van der Waals surface area contributed by atoms with Gasteiger partial charge in [-0.1, -0.05) is 23.2 Å². The van der Waals surface area contributed by atoms with Crippen molar-refractivity contribution in [1.29, 1.82) is 0 Å². The van der Waals surface area contributed by atoms with Crippen LogP contribution in [0.5, 0.6) is 0 Å². The molecule has 0 radical (unpaired) electrons. The van der Waals surface area contributed by atoms with Gasteiger partial charge in [0, 0.05) is 5.69 Å². The van der Waals surface area contributed by atoms with Crippen molar-refractivity contribution in [2.24, 2.45) is 0 Å². The number of hydrogen-bond acceptors (Lipinski definition) is 4. The van der Waals surface area contributed by atoms with Crippen molar-refractivity contribution in [1.82, 2.24) is 0 Å². The minimum absolute atomic E-state index is 0.156. The van der Waals surface area contributed by atoms with Crippen LogP contribution in [0.1, 0.15) is 5.56 Å². The van der Waals surface area contributed by atoms with Gasteiger partial charge in [0.25, 0.3) is 5.91 Å². The van der Waals surface area contributed by atoms with Crippen LogP contribution in [0, 0.1) is 0 Å². The summed E-state index contributed by atoms with van der Waals surface area (Å²) in [5, 5.41) is 7.04. The van der Waals surface area contributed by atoms with Crippen molar-refractivity contribution in [2.45, 2.75) is 6.42 Å². The molecule has 0 atom stereocenters. The summed E-state index contributed by atoms with van der Waals surface area (Å²) in [6, 6.07) is 6.54. The molecule has 0 bridgehead atoms. The summed E-state index contributed by atoms with van der Waals surface area (Å²) in [7, 11) is 0. The molecule has 0 saturated heterocycles. The lowest BCUT2D eigenvalue weighted by atomic mass is 10.2. The molecule has 0 fully saturated rings. The van der Waals surface area contributed by atoms with E-state index < -0.39 is 11.9 Å². The van der Waals surface area contributed by atoms with Crippen molar-refractivity contribution < 1.29 is 14.3 Å². The van der Waals surface area contributed by atoms with Crippen molar-refractivity contribution >= 4 is 52.1 Å². The first-order valence-corrected chi connectivity index (χ1v) is 7.66. The SMILES string of the molecule is O=C(COC(=O)Cc1ccsc1)Nc1ccc(Cl)c(Cl)c1. The van der Waals surface area contributed by atoms with Crippen LogP contribution in [0.4, 0.5) is 5.69 Å². The fraction of sp³-hybridized carbons (Fsp3) is 0.143. The maximum absolute atomic E-state index is 11.7. The summed E-state index contributed by atoms with van der Waals surface area (Å²) in [5.74, 6) is -0.884. The molecule has 2 aromatic rings. The van der Waals surface area contributed by atoms with Crippen LogP contribution in [0.15, 0.2) is 35.0 Å². The van der Waals surface area contributed by atoms with Gasteiger partial charge in [-0.05, 0) is 40.6 Å². The van der Waals surface area contributed by atoms with E-state index in [1.165, 1.54) is 17.4 Å². The number of carbonyl (C=O) groups is 2. The average molecular weight is 344 g/mol. The Morgan fingerprint density at radius 3 is 2.67 bits per heavy atom. The fourth-order valence-corrected chi connectivity index (χ4v) is 2.49. The number of carbonyl (C=O) groups excluding carboxylic acids is 2. The van der Waals surface area contributed by atoms with Crippen LogP contribution in [0.2, 0.25) is 10.0 Å². The van der Waals surface area contributed by atoms with E-state index >= 15 is 0 Å². The van der Waals surface area contributed by atoms with Gasteiger partial charge >= 0.3 is 5.97 Å². The highest BCUT2D eigenvalue weighted by atomic mass is 35.5. The van der Waals surface area contributed by atoms with Crippen LogP contribution in [0.3, 0.4) is 0 Å². The minimum atomic E-state index is -0.447. The highest BCUT2D eigenvalue weighted by molar-refractivity contribution is 7.08. The lowest BCUT2D eigenvalue weighted by molar-refractivity contribution is -0.146. The zero-order valence-corrected chi connectivity index (χ0v) is 13.1. The fourth-order valence-electron chi connectivity index (χ4n) is 1.53. The van der Waals surface area contributed by atoms with E-state index in [0.717, 1.165) is 5.56 Å². The standard InChI is InChI=1S/C14H11Cl2NO3S/c15-11-2-1-10(6-12(11)16)17-13(18)7-20-14(19)5-9-3-4-21-8-9/h1-4,6,8H,5,7H2,(H,17,18). The molecule has 2 rings (SSSR count). The van der Waals surface area contributed by atoms with Crippen LogP contribution < -0.4 is 5.32 Å². The summed E-state index contributed by atoms with van der Waals surface area (Å²) in [6.07, 6.45) is 0.156. The number of rotatable bonds is 5. The van der Waals surface area contributed by atoms with Crippen LogP contribution in [0.25, 0.3) is 0 Å². The zero-order chi connectivity index (χ0) is 15.2. The normalized spacial score (nSPS) is 10.2. The second-order valence-electron chi connectivity index (χ2n) is 4.15. The molecule has 0 spiro atoms. The molecule has 0 saturated carbocycles. The molecule has 21 heavy (non-hydrogen) atoms. The van der Waals surface area contributed by atoms with Gasteiger partial charge in [-0.25, -0.2) is 0 Å². The van der Waals surface area contributed by atoms with Gasteiger partial charge in [0.05, 0.1) is 16.5 Å². The number of halogens is 2. The third kappa shape index (κ3) is 5.04. The van der Waals surface area contributed by atoms with Gasteiger partial charge in [-0.3, -0.25) is 9.59 Å². The molecule has 0 aliphatic heterocycles. The summed E-state index contributed by atoms with van der Waals surface area (Å²) in [5.41, 5.74) is 1.36. The molecule has 0 aliphatic carbocycles. The summed E-state index contributed by atoms with van der Waals surface area (Å²) < 4.78 is 4.90. The Bertz CT molecular complexity index is 644. The average Bonchev–Trinajstić information content (AvgIpc) is 2.93. The van der Waals surface area contributed by atoms with Gasteiger partial charge < -0.3 is 10.1 Å². The molecule has 1 heterocycles. The Labute approximate surface area is 135 Å². The third-order valence-electron chi connectivity index (χ3n) is 2.50. The number of hydrogen-bond donors (Lipinski definition) is 1. The zero-order valence-electron chi connectivity index (χ0n) is 10.8. The molecule has 110 valence electrons. The van der Waals surface area contributed by atoms with Crippen molar-refractivity contribution in [3.05, 3.63) is 50.6 Å². The second kappa shape index (κ2) is 7.45. The number of benzene rings is 1. The molecule has 1 N–H and O–H groups in total. The highest BCUT2D eigenvalue weighted by Gasteiger charge is 2.09. The van der Waals surface area contributed by atoms with E-state index in [0.29, 0.717) is 15.7 Å². The molecular formula is C14H11Cl2NO3S.